The van der Waals surface area contributed by atoms with Crippen molar-refractivity contribution in [2.75, 3.05) is 7.11 Å². The molecule has 0 rings (SSSR count). The van der Waals surface area contributed by atoms with E-state index in [2.05, 4.69) is 11.3 Å². The van der Waals surface area contributed by atoms with Crippen LogP contribution in [0.4, 0.5) is 0 Å². The molecule has 0 saturated carbocycles. The van der Waals surface area contributed by atoms with Gasteiger partial charge in [0.25, 0.3) is 0 Å². The molecule has 0 aliphatic carbocycles. The topological polar surface area (TPSA) is 99.1 Å². The van der Waals surface area contributed by atoms with E-state index in [0.717, 1.165) is 0 Å². The lowest BCUT2D eigenvalue weighted by molar-refractivity contribution is -0.156. The number of hydrogen-bond donors (Lipinski definition) is 1. The first-order valence-electron chi connectivity index (χ1n) is 7.84. The number of methoxy groups -OCH3 is 1. The van der Waals surface area contributed by atoms with Crippen LogP contribution in [0.5, 0.6) is 0 Å². The van der Waals surface area contributed by atoms with Gasteiger partial charge in [-0.1, -0.05) is 6.08 Å². The fourth-order valence-electron chi connectivity index (χ4n) is 2.31. The van der Waals surface area contributed by atoms with E-state index >= 15 is 0 Å². The number of ether oxygens (including phenoxy) is 3. The summed E-state index contributed by atoms with van der Waals surface area (Å²) >= 11 is 0. The van der Waals surface area contributed by atoms with Crippen molar-refractivity contribution in [1.82, 2.24) is 0 Å². The second kappa shape index (κ2) is 10.8. The van der Waals surface area contributed by atoms with E-state index in [1.807, 2.05) is 0 Å². The Morgan fingerprint density at radius 3 is 2.17 bits per heavy atom. The molecule has 24 heavy (non-hydrogen) atoms. The smallest absolute Gasteiger partial charge is 0.309 e. The summed E-state index contributed by atoms with van der Waals surface area (Å²) in [4.78, 5) is 33.9. The molecule has 0 aliphatic heterocycles. The number of aliphatic hydroxyl groups is 1. The summed E-state index contributed by atoms with van der Waals surface area (Å²) in [7, 11) is 1.24. The standard InChI is InChI=1S/C17H28O7/c1-6-8-17(4,21)9-7-14(23-12(2)18)10-15(24-13(3)19)11-16(20)22-5/h6,14-15,21H,1,7-11H2,2-5H3/t14-,15+,17?/m1/s1. The molecule has 0 aromatic heterocycles. The average molecular weight is 344 g/mol. The van der Waals surface area contributed by atoms with Crippen LogP contribution in [0.3, 0.4) is 0 Å². The van der Waals surface area contributed by atoms with Crippen LogP contribution in [0.1, 0.15) is 52.9 Å². The first-order chi connectivity index (χ1) is 11.1. The van der Waals surface area contributed by atoms with Crippen molar-refractivity contribution in [2.24, 2.45) is 0 Å². The van der Waals surface area contributed by atoms with Crippen LogP contribution >= 0.6 is 0 Å². The molecule has 7 nitrogen and oxygen atoms in total. The Bertz CT molecular complexity index is 442. The zero-order chi connectivity index (χ0) is 18.8. The molecule has 0 amide bonds. The van der Waals surface area contributed by atoms with Gasteiger partial charge in [0.15, 0.2) is 0 Å². The molecule has 0 aliphatic rings. The Morgan fingerprint density at radius 2 is 1.71 bits per heavy atom. The molecule has 1 unspecified atom stereocenters. The predicted molar refractivity (Wildman–Crippen MR) is 87.0 cm³/mol. The van der Waals surface area contributed by atoms with Gasteiger partial charge in [0.1, 0.15) is 12.2 Å². The summed E-state index contributed by atoms with van der Waals surface area (Å²) in [6.07, 6.45) is 1.41. The molecule has 0 aromatic rings. The number of carbonyl (C=O) groups excluding carboxylic acids is 3. The van der Waals surface area contributed by atoms with E-state index in [0.29, 0.717) is 19.3 Å². The van der Waals surface area contributed by atoms with Crippen LogP contribution in [0.15, 0.2) is 12.7 Å². The molecule has 1 N–H and O–H groups in total. The fourth-order valence-corrected chi connectivity index (χ4v) is 2.31. The summed E-state index contributed by atoms with van der Waals surface area (Å²) < 4.78 is 14.9. The van der Waals surface area contributed by atoms with Crippen LogP contribution in [0.25, 0.3) is 0 Å². The highest BCUT2D eigenvalue weighted by atomic mass is 16.6. The summed E-state index contributed by atoms with van der Waals surface area (Å²) in [5, 5.41) is 10.2. The zero-order valence-corrected chi connectivity index (χ0v) is 14.9. The van der Waals surface area contributed by atoms with E-state index in [-0.39, 0.29) is 12.8 Å². The van der Waals surface area contributed by atoms with Crippen molar-refractivity contribution in [3.63, 3.8) is 0 Å². The Hall–Kier alpha value is -1.89. The van der Waals surface area contributed by atoms with Gasteiger partial charge in [0, 0.05) is 20.3 Å². The molecule has 0 aromatic carbocycles. The zero-order valence-electron chi connectivity index (χ0n) is 14.9. The molecular weight excluding hydrogens is 316 g/mol. The third-order valence-corrected chi connectivity index (χ3v) is 3.40. The molecule has 3 atom stereocenters. The minimum absolute atomic E-state index is 0.128. The molecule has 0 saturated heterocycles. The Balaban J connectivity index is 4.90. The Labute approximate surface area is 143 Å². The minimum Gasteiger partial charge on any atom is -0.469 e. The molecule has 7 heteroatoms. The van der Waals surface area contributed by atoms with Gasteiger partial charge in [-0.15, -0.1) is 6.58 Å². The van der Waals surface area contributed by atoms with Gasteiger partial charge in [0.05, 0.1) is 19.1 Å². The maximum atomic E-state index is 11.4. The summed E-state index contributed by atoms with van der Waals surface area (Å²) in [6.45, 7) is 7.76. The van der Waals surface area contributed by atoms with Crippen molar-refractivity contribution >= 4 is 17.9 Å². The van der Waals surface area contributed by atoms with Crippen molar-refractivity contribution in [3.8, 4) is 0 Å². The van der Waals surface area contributed by atoms with E-state index in [4.69, 9.17) is 9.47 Å². The molecule has 0 radical (unpaired) electrons. The minimum atomic E-state index is -0.973. The largest absolute Gasteiger partial charge is 0.469 e. The van der Waals surface area contributed by atoms with Gasteiger partial charge in [0.2, 0.25) is 0 Å². The first kappa shape index (κ1) is 22.1. The summed E-state index contributed by atoms with van der Waals surface area (Å²) in [5.74, 6) is -1.55. The van der Waals surface area contributed by atoms with Crippen LogP contribution in [-0.2, 0) is 28.6 Å². The second-order valence-corrected chi connectivity index (χ2v) is 6.01. The summed E-state index contributed by atoms with van der Waals surface area (Å²) in [6, 6.07) is 0. The average Bonchev–Trinajstić information content (AvgIpc) is 2.43. The van der Waals surface area contributed by atoms with Gasteiger partial charge >= 0.3 is 17.9 Å². The lowest BCUT2D eigenvalue weighted by atomic mass is 9.92. The van der Waals surface area contributed by atoms with Crippen molar-refractivity contribution in [3.05, 3.63) is 12.7 Å². The maximum absolute atomic E-state index is 11.4. The van der Waals surface area contributed by atoms with Gasteiger partial charge in [-0.2, -0.15) is 0 Å². The summed E-state index contributed by atoms with van der Waals surface area (Å²) in [5.41, 5.74) is -0.973. The predicted octanol–water partition coefficient (Wildman–Crippen LogP) is 1.91. The highest BCUT2D eigenvalue weighted by molar-refractivity contribution is 5.71. The van der Waals surface area contributed by atoms with Gasteiger partial charge in [-0.05, 0) is 26.2 Å². The van der Waals surface area contributed by atoms with Crippen LogP contribution in [-0.4, -0.2) is 47.9 Å². The number of esters is 3. The molecule has 0 bridgehead atoms. The molecule has 138 valence electrons. The normalized spacial score (nSPS) is 15.5. The first-order valence-corrected chi connectivity index (χ1v) is 7.84. The van der Waals surface area contributed by atoms with Crippen molar-refractivity contribution < 1.29 is 33.7 Å². The lowest BCUT2D eigenvalue weighted by Crippen LogP contribution is -2.31. The van der Waals surface area contributed by atoms with Gasteiger partial charge in [-0.25, -0.2) is 0 Å². The highest BCUT2D eigenvalue weighted by Crippen LogP contribution is 2.22. The van der Waals surface area contributed by atoms with Crippen LogP contribution in [0.2, 0.25) is 0 Å². The van der Waals surface area contributed by atoms with E-state index in [1.165, 1.54) is 21.0 Å². The maximum Gasteiger partial charge on any atom is 0.309 e. The Morgan fingerprint density at radius 1 is 1.17 bits per heavy atom. The Kier molecular flexibility index (Phi) is 9.95. The van der Waals surface area contributed by atoms with Gasteiger partial charge < -0.3 is 19.3 Å². The highest BCUT2D eigenvalue weighted by Gasteiger charge is 2.27. The van der Waals surface area contributed by atoms with E-state index < -0.39 is 35.7 Å². The third kappa shape index (κ3) is 10.8. The molecule has 0 heterocycles. The van der Waals surface area contributed by atoms with Gasteiger partial charge in [-0.3, -0.25) is 14.4 Å². The number of carbonyl (C=O) groups is 3. The number of rotatable bonds is 11. The SMILES string of the molecule is C=CCC(C)(O)CC[C@H](C[C@@H](CC(=O)OC)OC(C)=O)OC(C)=O. The van der Waals surface area contributed by atoms with E-state index in [9.17, 15) is 19.5 Å². The number of hydrogen-bond acceptors (Lipinski definition) is 7. The van der Waals surface area contributed by atoms with Crippen molar-refractivity contribution in [2.45, 2.75) is 70.7 Å². The van der Waals surface area contributed by atoms with Crippen molar-refractivity contribution in [1.29, 1.82) is 0 Å². The molecular formula is C17H28O7. The quantitative estimate of drug-likeness (QED) is 0.347. The lowest BCUT2D eigenvalue weighted by Gasteiger charge is -2.27. The molecule has 0 fully saturated rings. The van der Waals surface area contributed by atoms with Crippen LogP contribution < -0.4 is 0 Å². The van der Waals surface area contributed by atoms with E-state index in [1.54, 1.807) is 13.0 Å². The van der Waals surface area contributed by atoms with Crippen LogP contribution in [0, 0.1) is 0 Å². The molecule has 0 spiro atoms. The monoisotopic (exact) mass is 344 g/mol. The second-order valence-electron chi connectivity index (χ2n) is 6.01. The fraction of sp³-hybridized carbons (Fsp3) is 0.706. The third-order valence-electron chi connectivity index (χ3n) is 3.40.